The standard InChI is InChI=1S/C21H25FN2O2/c1-21(2,3)26-20(25)24-17-5-4-6-18(24)12-16(11-17)15-8-7-14(9-10-23)19(22)13-15/h7-8,11,13,17-18H,4-6,9,12H2,1-3H3. The van der Waals surface area contributed by atoms with Gasteiger partial charge in [-0.15, -0.1) is 0 Å². The highest BCUT2D eigenvalue weighted by Crippen LogP contribution is 2.38. The van der Waals surface area contributed by atoms with Crippen LogP contribution in [0.1, 0.15) is 57.6 Å². The fourth-order valence-electron chi connectivity index (χ4n) is 3.82. The lowest BCUT2D eigenvalue weighted by atomic mass is 9.83. The van der Waals surface area contributed by atoms with Crippen LogP contribution in [0.3, 0.4) is 0 Å². The van der Waals surface area contributed by atoms with Crippen LogP contribution in [0.2, 0.25) is 0 Å². The molecular weight excluding hydrogens is 331 g/mol. The van der Waals surface area contributed by atoms with Gasteiger partial charge in [-0.25, -0.2) is 9.18 Å². The van der Waals surface area contributed by atoms with Crippen molar-refractivity contribution in [1.29, 1.82) is 5.26 Å². The van der Waals surface area contributed by atoms with E-state index in [2.05, 4.69) is 6.08 Å². The number of nitrogens with zero attached hydrogens (tertiary/aromatic N) is 2. The number of carbonyl (C=O) groups is 1. The molecule has 1 amide bonds. The molecule has 0 saturated carbocycles. The van der Waals surface area contributed by atoms with Crippen LogP contribution >= 0.6 is 0 Å². The van der Waals surface area contributed by atoms with Gasteiger partial charge in [-0.05, 0) is 63.7 Å². The fourth-order valence-corrected chi connectivity index (χ4v) is 3.82. The van der Waals surface area contributed by atoms with Gasteiger partial charge in [0.15, 0.2) is 0 Å². The third kappa shape index (κ3) is 3.90. The van der Waals surface area contributed by atoms with Crippen LogP contribution in [0.5, 0.6) is 0 Å². The summed E-state index contributed by atoms with van der Waals surface area (Å²) in [4.78, 5) is 14.5. The highest BCUT2D eigenvalue weighted by molar-refractivity contribution is 5.75. The summed E-state index contributed by atoms with van der Waals surface area (Å²) in [7, 11) is 0. The van der Waals surface area contributed by atoms with Crippen molar-refractivity contribution in [2.45, 2.75) is 70.6 Å². The first-order chi connectivity index (χ1) is 12.3. The summed E-state index contributed by atoms with van der Waals surface area (Å²) >= 11 is 0. The van der Waals surface area contributed by atoms with Crippen molar-refractivity contribution in [1.82, 2.24) is 4.90 Å². The number of rotatable bonds is 2. The van der Waals surface area contributed by atoms with Crippen molar-refractivity contribution in [2.24, 2.45) is 0 Å². The number of ether oxygens (including phenoxy) is 1. The summed E-state index contributed by atoms with van der Waals surface area (Å²) in [5.41, 5.74) is 1.81. The number of hydrogen-bond donors (Lipinski definition) is 0. The van der Waals surface area contributed by atoms with Gasteiger partial charge in [-0.3, -0.25) is 4.90 Å². The Hall–Kier alpha value is -2.35. The Morgan fingerprint density at radius 3 is 2.77 bits per heavy atom. The smallest absolute Gasteiger partial charge is 0.411 e. The van der Waals surface area contributed by atoms with Crippen molar-refractivity contribution >= 4 is 11.7 Å². The van der Waals surface area contributed by atoms with Crippen molar-refractivity contribution in [3.05, 3.63) is 41.2 Å². The van der Waals surface area contributed by atoms with Gasteiger partial charge in [-0.2, -0.15) is 5.26 Å². The highest BCUT2D eigenvalue weighted by atomic mass is 19.1. The van der Waals surface area contributed by atoms with Crippen molar-refractivity contribution < 1.29 is 13.9 Å². The van der Waals surface area contributed by atoms with Gasteiger partial charge in [0.25, 0.3) is 0 Å². The first-order valence-corrected chi connectivity index (χ1v) is 9.16. The number of amides is 1. The molecule has 1 aromatic carbocycles. The first-order valence-electron chi connectivity index (χ1n) is 9.16. The molecule has 0 spiro atoms. The zero-order chi connectivity index (χ0) is 18.9. The van der Waals surface area contributed by atoms with Crippen LogP contribution in [0, 0.1) is 17.1 Å². The summed E-state index contributed by atoms with van der Waals surface area (Å²) in [6.45, 7) is 5.62. The van der Waals surface area contributed by atoms with Crippen LogP contribution in [0.4, 0.5) is 9.18 Å². The number of fused-ring (bicyclic) bond motifs is 2. The average molecular weight is 356 g/mol. The topological polar surface area (TPSA) is 53.3 Å². The lowest BCUT2D eigenvalue weighted by Gasteiger charge is -2.45. The lowest BCUT2D eigenvalue weighted by Crippen LogP contribution is -2.53. The Bertz CT molecular complexity index is 773. The molecule has 26 heavy (non-hydrogen) atoms. The summed E-state index contributed by atoms with van der Waals surface area (Å²) < 4.78 is 19.8. The Balaban J connectivity index is 1.85. The van der Waals surface area contributed by atoms with E-state index in [1.165, 1.54) is 6.07 Å². The van der Waals surface area contributed by atoms with Gasteiger partial charge in [0.05, 0.1) is 18.5 Å². The van der Waals surface area contributed by atoms with Gasteiger partial charge in [0, 0.05) is 11.6 Å². The molecule has 1 aromatic rings. The molecule has 138 valence electrons. The van der Waals surface area contributed by atoms with Crippen LogP contribution in [-0.4, -0.2) is 28.7 Å². The van der Waals surface area contributed by atoms with E-state index in [-0.39, 0.29) is 30.4 Å². The predicted octanol–water partition coefficient (Wildman–Crippen LogP) is 4.84. The predicted molar refractivity (Wildman–Crippen MR) is 97.8 cm³/mol. The Morgan fingerprint density at radius 1 is 1.38 bits per heavy atom. The van der Waals surface area contributed by atoms with E-state index in [1.54, 1.807) is 6.07 Å². The molecule has 3 rings (SSSR count). The van der Waals surface area contributed by atoms with Crippen molar-refractivity contribution in [2.75, 3.05) is 0 Å². The van der Waals surface area contributed by atoms with E-state index in [4.69, 9.17) is 10.00 Å². The lowest BCUT2D eigenvalue weighted by molar-refractivity contribution is 0.0000822. The molecule has 2 aliphatic heterocycles. The molecule has 0 N–H and O–H groups in total. The van der Waals surface area contributed by atoms with Gasteiger partial charge >= 0.3 is 6.09 Å². The SMILES string of the molecule is CC(C)(C)OC(=O)N1C2C=C(c3ccc(CC#N)c(F)c3)CC1CCC2. The summed E-state index contributed by atoms with van der Waals surface area (Å²) in [6.07, 6.45) is 5.50. The minimum absolute atomic E-state index is 0.00537. The van der Waals surface area contributed by atoms with E-state index >= 15 is 0 Å². The Labute approximate surface area is 154 Å². The molecule has 5 heteroatoms. The molecule has 1 fully saturated rings. The van der Waals surface area contributed by atoms with E-state index in [1.807, 2.05) is 37.8 Å². The summed E-state index contributed by atoms with van der Waals surface area (Å²) in [6, 6.07) is 7.14. The van der Waals surface area contributed by atoms with Crippen LogP contribution in [0.25, 0.3) is 5.57 Å². The van der Waals surface area contributed by atoms with E-state index in [9.17, 15) is 9.18 Å². The molecule has 0 aliphatic carbocycles. The molecular formula is C21H25FN2O2. The Morgan fingerprint density at radius 2 is 2.15 bits per heavy atom. The van der Waals surface area contributed by atoms with Crippen LogP contribution in [0.15, 0.2) is 24.3 Å². The van der Waals surface area contributed by atoms with Crippen LogP contribution < -0.4 is 0 Å². The van der Waals surface area contributed by atoms with Gasteiger partial charge < -0.3 is 4.74 Å². The minimum atomic E-state index is -0.519. The van der Waals surface area contributed by atoms with E-state index in [0.717, 1.165) is 30.4 Å². The maximum atomic E-state index is 14.2. The average Bonchev–Trinajstić information content (AvgIpc) is 2.54. The number of nitriles is 1. The third-order valence-corrected chi connectivity index (χ3v) is 4.93. The maximum Gasteiger partial charge on any atom is 0.411 e. The van der Waals surface area contributed by atoms with Gasteiger partial charge in [-0.1, -0.05) is 18.2 Å². The Kier molecular flexibility index (Phi) is 5.04. The van der Waals surface area contributed by atoms with Crippen LogP contribution in [-0.2, 0) is 11.2 Å². The van der Waals surface area contributed by atoms with Gasteiger partial charge in [0.1, 0.15) is 11.4 Å². The number of hydrogen-bond acceptors (Lipinski definition) is 3. The number of piperidine rings is 1. The van der Waals surface area contributed by atoms with E-state index < -0.39 is 5.60 Å². The maximum absolute atomic E-state index is 14.2. The monoisotopic (exact) mass is 356 g/mol. The zero-order valence-electron chi connectivity index (χ0n) is 15.6. The second kappa shape index (κ2) is 7.11. The quantitative estimate of drug-likeness (QED) is 0.762. The van der Waals surface area contributed by atoms with E-state index in [0.29, 0.717) is 12.0 Å². The zero-order valence-corrected chi connectivity index (χ0v) is 15.6. The molecule has 2 bridgehead atoms. The van der Waals surface area contributed by atoms with Crippen molar-refractivity contribution in [3.63, 3.8) is 0 Å². The normalized spacial score (nSPS) is 22.4. The van der Waals surface area contributed by atoms with Gasteiger partial charge in [0.2, 0.25) is 0 Å². The molecule has 1 saturated heterocycles. The largest absolute Gasteiger partial charge is 0.444 e. The minimum Gasteiger partial charge on any atom is -0.444 e. The third-order valence-electron chi connectivity index (χ3n) is 4.93. The molecule has 2 atom stereocenters. The molecule has 2 aliphatic rings. The first kappa shape index (κ1) is 18.4. The number of halogens is 1. The molecule has 2 unspecified atom stereocenters. The summed E-state index contributed by atoms with van der Waals surface area (Å²) in [5, 5.41) is 8.76. The second-order valence-electron chi connectivity index (χ2n) is 8.08. The highest BCUT2D eigenvalue weighted by Gasteiger charge is 2.39. The second-order valence-corrected chi connectivity index (χ2v) is 8.08. The molecule has 0 radical (unpaired) electrons. The molecule has 4 nitrogen and oxygen atoms in total. The number of benzene rings is 1. The fraction of sp³-hybridized carbons (Fsp3) is 0.524. The summed E-state index contributed by atoms with van der Waals surface area (Å²) in [5.74, 6) is -0.343. The number of carbonyl (C=O) groups excluding carboxylic acids is 1. The molecule has 0 aromatic heterocycles. The molecule has 2 heterocycles. The van der Waals surface area contributed by atoms with Crippen molar-refractivity contribution in [3.8, 4) is 6.07 Å².